The van der Waals surface area contributed by atoms with Crippen molar-refractivity contribution in [2.45, 2.75) is 6.54 Å². The Bertz CT molecular complexity index is 899. The summed E-state index contributed by atoms with van der Waals surface area (Å²) in [6.45, 7) is 0.222. The first kappa shape index (κ1) is 13.8. The van der Waals surface area contributed by atoms with Crippen LogP contribution in [0.15, 0.2) is 39.7 Å². The van der Waals surface area contributed by atoms with Crippen molar-refractivity contribution in [1.29, 1.82) is 0 Å². The number of aromatic amines is 1. The summed E-state index contributed by atoms with van der Waals surface area (Å²) in [7, 11) is 1.66. The smallest absolute Gasteiger partial charge is 0.357 e. The quantitative estimate of drug-likeness (QED) is 0.745. The number of aromatic carboxylic acids is 1. The number of benzene rings is 1. The molecule has 3 rings (SSSR count). The molecule has 2 N–H and O–H groups in total. The summed E-state index contributed by atoms with van der Waals surface area (Å²) in [5.74, 6) is -0.734. The van der Waals surface area contributed by atoms with Crippen molar-refractivity contribution in [3.63, 3.8) is 0 Å². The van der Waals surface area contributed by atoms with Gasteiger partial charge in [-0.1, -0.05) is 12.1 Å². The van der Waals surface area contributed by atoms with Gasteiger partial charge in [0.25, 0.3) is 11.6 Å². The molecule has 2 aromatic heterocycles. The van der Waals surface area contributed by atoms with Crippen molar-refractivity contribution in [2.75, 3.05) is 11.9 Å². The Kier molecular flexibility index (Phi) is 3.34. The molecule has 0 aliphatic heterocycles. The van der Waals surface area contributed by atoms with Gasteiger partial charge in [0.2, 0.25) is 0 Å². The van der Waals surface area contributed by atoms with Crippen LogP contribution in [0.4, 0.5) is 6.01 Å². The number of aromatic nitrogens is 3. The highest BCUT2D eigenvalue weighted by Gasteiger charge is 2.15. The molecule has 2 heterocycles. The predicted molar refractivity (Wildman–Crippen MR) is 77.9 cm³/mol. The molecule has 0 saturated heterocycles. The van der Waals surface area contributed by atoms with Crippen molar-refractivity contribution in [3.8, 4) is 0 Å². The van der Waals surface area contributed by atoms with E-state index in [4.69, 9.17) is 9.52 Å². The minimum Gasteiger partial charge on any atom is -0.476 e. The molecule has 0 radical (unpaired) electrons. The molecular weight excluding hydrogens is 288 g/mol. The van der Waals surface area contributed by atoms with Gasteiger partial charge in [0.05, 0.1) is 17.4 Å². The summed E-state index contributed by atoms with van der Waals surface area (Å²) in [5.41, 5.74) is 0.183. The molecular formula is C14H12N4O4. The van der Waals surface area contributed by atoms with Crippen molar-refractivity contribution in [3.05, 3.63) is 52.4 Å². The van der Waals surface area contributed by atoms with Gasteiger partial charge in [0.1, 0.15) is 12.1 Å². The van der Waals surface area contributed by atoms with Crippen molar-refractivity contribution >= 4 is 22.9 Å². The topological polar surface area (TPSA) is 112 Å². The van der Waals surface area contributed by atoms with Crippen LogP contribution in [-0.4, -0.2) is 33.1 Å². The van der Waals surface area contributed by atoms with E-state index < -0.39 is 5.97 Å². The van der Waals surface area contributed by atoms with E-state index >= 15 is 0 Å². The number of nitrogens with zero attached hydrogens (tertiary/aromatic N) is 3. The number of carbonyl (C=O) groups is 1. The van der Waals surface area contributed by atoms with Crippen molar-refractivity contribution in [1.82, 2.24) is 15.0 Å². The van der Waals surface area contributed by atoms with Gasteiger partial charge in [0.15, 0.2) is 5.69 Å². The number of carboxylic acids is 1. The number of carboxylic acid groups (broad SMARTS) is 1. The maximum absolute atomic E-state index is 12.0. The number of anilines is 1. The van der Waals surface area contributed by atoms with Gasteiger partial charge in [-0.05, 0) is 12.1 Å². The Morgan fingerprint density at radius 3 is 2.86 bits per heavy atom. The largest absolute Gasteiger partial charge is 0.476 e. The second kappa shape index (κ2) is 5.32. The SMILES string of the molecule is CN(Cc1nc2ccccc2c(=O)[nH]1)c1nc(C(=O)O)co1. The summed E-state index contributed by atoms with van der Waals surface area (Å²) in [6, 6.07) is 7.15. The molecule has 3 aromatic rings. The lowest BCUT2D eigenvalue weighted by atomic mass is 10.2. The van der Waals surface area contributed by atoms with E-state index in [2.05, 4.69) is 15.0 Å². The van der Waals surface area contributed by atoms with E-state index in [9.17, 15) is 9.59 Å². The average Bonchev–Trinajstić information content (AvgIpc) is 2.97. The van der Waals surface area contributed by atoms with Crippen LogP contribution in [0.1, 0.15) is 16.3 Å². The minimum atomic E-state index is -1.17. The third-order valence-electron chi connectivity index (χ3n) is 3.09. The minimum absolute atomic E-state index is 0.133. The molecule has 0 saturated carbocycles. The maximum Gasteiger partial charge on any atom is 0.357 e. The monoisotopic (exact) mass is 300 g/mol. The van der Waals surface area contributed by atoms with Crippen LogP contribution in [0.25, 0.3) is 10.9 Å². The number of para-hydroxylation sites is 1. The molecule has 0 atom stereocenters. The zero-order chi connectivity index (χ0) is 15.7. The molecule has 0 aliphatic rings. The van der Waals surface area contributed by atoms with Gasteiger partial charge in [-0.25, -0.2) is 9.78 Å². The second-order valence-corrected chi connectivity index (χ2v) is 4.71. The Morgan fingerprint density at radius 1 is 1.36 bits per heavy atom. The van der Waals surface area contributed by atoms with Crippen LogP contribution in [-0.2, 0) is 6.54 Å². The van der Waals surface area contributed by atoms with Crippen molar-refractivity contribution < 1.29 is 14.3 Å². The van der Waals surface area contributed by atoms with E-state index in [1.165, 1.54) is 0 Å². The first-order valence-corrected chi connectivity index (χ1v) is 6.42. The third-order valence-corrected chi connectivity index (χ3v) is 3.09. The Balaban J connectivity index is 1.88. The Morgan fingerprint density at radius 2 is 2.14 bits per heavy atom. The average molecular weight is 300 g/mol. The number of hydrogen-bond acceptors (Lipinski definition) is 6. The van der Waals surface area contributed by atoms with E-state index in [1.54, 1.807) is 36.2 Å². The molecule has 0 amide bonds. The molecule has 0 unspecified atom stereocenters. The highest BCUT2D eigenvalue weighted by Crippen LogP contribution is 2.14. The number of oxazole rings is 1. The number of hydrogen-bond donors (Lipinski definition) is 2. The normalized spacial score (nSPS) is 10.8. The highest BCUT2D eigenvalue weighted by molar-refractivity contribution is 5.85. The molecule has 1 aromatic carbocycles. The third kappa shape index (κ3) is 2.53. The zero-order valence-electron chi connectivity index (χ0n) is 11.6. The highest BCUT2D eigenvalue weighted by atomic mass is 16.4. The van der Waals surface area contributed by atoms with E-state index in [1.807, 2.05) is 0 Å². The summed E-state index contributed by atoms with van der Waals surface area (Å²) in [6.07, 6.45) is 1.06. The number of nitrogens with one attached hydrogen (secondary N) is 1. The van der Waals surface area contributed by atoms with Crippen LogP contribution in [0.2, 0.25) is 0 Å². The van der Waals surface area contributed by atoms with Crippen LogP contribution < -0.4 is 10.5 Å². The molecule has 112 valence electrons. The Labute approximate surface area is 124 Å². The van der Waals surface area contributed by atoms with Crippen LogP contribution in [0.3, 0.4) is 0 Å². The number of H-pyrrole nitrogens is 1. The standard InChI is InChI=1S/C14H12N4O4/c1-18(14-16-10(7-22-14)13(20)21)6-11-15-9-5-3-2-4-8(9)12(19)17-11/h2-5,7H,6H2,1H3,(H,20,21)(H,15,17,19). The predicted octanol–water partition coefficient (Wildman–Crippen LogP) is 1.25. The van der Waals surface area contributed by atoms with Gasteiger partial charge in [-0.2, -0.15) is 4.98 Å². The Hall–Kier alpha value is -3.16. The fourth-order valence-electron chi connectivity index (χ4n) is 2.04. The van der Waals surface area contributed by atoms with Gasteiger partial charge >= 0.3 is 5.97 Å². The van der Waals surface area contributed by atoms with Gasteiger partial charge in [-0.3, -0.25) is 4.79 Å². The van der Waals surface area contributed by atoms with Gasteiger partial charge in [-0.15, -0.1) is 0 Å². The lowest BCUT2D eigenvalue weighted by Crippen LogP contribution is -2.22. The van der Waals surface area contributed by atoms with E-state index in [0.29, 0.717) is 16.7 Å². The number of rotatable bonds is 4. The van der Waals surface area contributed by atoms with Crippen LogP contribution in [0.5, 0.6) is 0 Å². The molecule has 0 fully saturated rings. The molecule has 0 spiro atoms. The molecule has 8 heteroatoms. The summed E-state index contributed by atoms with van der Waals surface area (Å²) in [5, 5.41) is 9.34. The number of fused-ring (bicyclic) bond motifs is 1. The fraction of sp³-hybridized carbons (Fsp3) is 0.143. The lowest BCUT2D eigenvalue weighted by Gasteiger charge is -2.13. The molecule has 0 bridgehead atoms. The van der Waals surface area contributed by atoms with Gasteiger partial charge < -0.3 is 19.4 Å². The van der Waals surface area contributed by atoms with E-state index in [0.717, 1.165) is 6.26 Å². The van der Waals surface area contributed by atoms with E-state index in [-0.39, 0.29) is 23.8 Å². The zero-order valence-corrected chi connectivity index (χ0v) is 11.6. The molecule has 8 nitrogen and oxygen atoms in total. The molecule has 22 heavy (non-hydrogen) atoms. The first-order chi connectivity index (χ1) is 10.5. The van der Waals surface area contributed by atoms with Crippen LogP contribution >= 0.6 is 0 Å². The van der Waals surface area contributed by atoms with Gasteiger partial charge in [0, 0.05) is 7.05 Å². The lowest BCUT2D eigenvalue weighted by molar-refractivity contribution is 0.0690. The fourth-order valence-corrected chi connectivity index (χ4v) is 2.04. The van der Waals surface area contributed by atoms with Crippen molar-refractivity contribution in [2.24, 2.45) is 0 Å². The van der Waals surface area contributed by atoms with Crippen LogP contribution in [0, 0.1) is 0 Å². The summed E-state index contributed by atoms with van der Waals surface area (Å²) < 4.78 is 5.09. The summed E-state index contributed by atoms with van der Waals surface area (Å²) >= 11 is 0. The first-order valence-electron chi connectivity index (χ1n) is 6.42. The summed E-state index contributed by atoms with van der Waals surface area (Å²) in [4.78, 5) is 35.2. The maximum atomic E-state index is 12.0. The second-order valence-electron chi connectivity index (χ2n) is 4.71. The molecule has 0 aliphatic carbocycles.